The fraction of sp³-hybridized carbons (Fsp3) is 0.211. The smallest absolute Gasteiger partial charge is 0.417 e. The maximum atomic E-state index is 12.9. The van der Waals surface area contributed by atoms with E-state index in [0.717, 1.165) is 23.4 Å². The molecule has 0 aliphatic carbocycles. The molecular formula is C19H15ClF3NO2. The van der Waals surface area contributed by atoms with Crippen LogP contribution in [0, 0.1) is 0 Å². The van der Waals surface area contributed by atoms with Crippen molar-refractivity contribution in [3.8, 4) is 5.75 Å². The Morgan fingerprint density at radius 1 is 1.23 bits per heavy atom. The molecule has 3 rings (SSSR count). The molecule has 1 atom stereocenters. The number of nitrogens with one attached hydrogen (secondary N) is 1. The third-order valence-corrected chi connectivity index (χ3v) is 4.33. The molecule has 1 amide bonds. The molecule has 2 aromatic rings. The van der Waals surface area contributed by atoms with E-state index in [1.165, 1.54) is 18.2 Å². The second kappa shape index (κ2) is 7.41. The lowest BCUT2D eigenvalue weighted by Gasteiger charge is -2.26. The van der Waals surface area contributed by atoms with E-state index in [-0.39, 0.29) is 16.6 Å². The molecule has 1 N–H and O–H groups in total. The lowest BCUT2D eigenvalue weighted by molar-refractivity contribution is -0.137. The van der Waals surface area contributed by atoms with Gasteiger partial charge in [0.25, 0.3) is 0 Å². The van der Waals surface area contributed by atoms with Crippen LogP contribution in [0.3, 0.4) is 0 Å². The highest BCUT2D eigenvalue weighted by Crippen LogP contribution is 2.35. The lowest BCUT2D eigenvalue weighted by atomic mass is 10.0. The minimum atomic E-state index is -4.55. The molecule has 0 aromatic heterocycles. The number of benzene rings is 2. The number of alkyl halides is 3. The molecular weight excluding hydrogens is 367 g/mol. The van der Waals surface area contributed by atoms with Crippen LogP contribution in [-0.2, 0) is 11.0 Å². The van der Waals surface area contributed by atoms with E-state index >= 15 is 0 Å². The Morgan fingerprint density at radius 3 is 2.77 bits per heavy atom. The molecule has 0 spiro atoms. The van der Waals surface area contributed by atoms with E-state index in [4.69, 9.17) is 16.3 Å². The van der Waals surface area contributed by atoms with Crippen LogP contribution in [0.2, 0.25) is 5.02 Å². The summed E-state index contributed by atoms with van der Waals surface area (Å²) in [5.41, 5.74) is 0.190. The minimum absolute atomic E-state index is 0.201. The van der Waals surface area contributed by atoms with E-state index in [2.05, 4.69) is 5.32 Å². The summed E-state index contributed by atoms with van der Waals surface area (Å²) in [7, 11) is 0. The first-order valence-electron chi connectivity index (χ1n) is 7.91. The van der Waals surface area contributed by atoms with E-state index in [9.17, 15) is 18.0 Å². The number of carbonyl (C=O) groups is 1. The van der Waals surface area contributed by atoms with Gasteiger partial charge in [-0.15, -0.1) is 0 Å². The van der Waals surface area contributed by atoms with E-state index in [1.807, 2.05) is 24.3 Å². The van der Waals surface area contributed by atoms with Crippen LogP contribution < -0.4 is 10.1 Å². The molecule has 1 aliphatic rings. The van der Waals surface area contributed by atoms with Crippen LogP contribution in [0.1, 0.15) is 29.2 Å². The maximum absolute atomic E-state index is 12.9. The number of fused-ring (bicyclic) bond motifs is 1. The molecule has 3 nitrogen and oxygen atoms in total. The highest BCUT2D eigenvalue weighted by Gasteiger charge is 2.33. The number of amides is 1. The van der Waals surface area contributed by atoms with Gasteiger partial charge in [0.05, 0.1) is 23.2 Å². The lowest BCUT2D eigenvalue weighted by Crippen LogP contribution is -2.30. The SMILES string of the molecule is O=C(/C=C/c1ccc(Cl)c(C(F)(F)F)c1)N[C@H]1CCOc2ccccc21. The number of halogens is 4. The summed E-state index contributed by atoms with van der Waals surface area (Å²) in [6.45, 7) is 0.484. The molecule has 0 saturated carbocycles. The summed E-state index contributed by atoms with van der Waals surface area (Å²) in [5, 5.41) is 2.47. The van der Waals surface area contributed by atoms with Crippen molar-refractivity contribution >= 4 is 23.6 Å². The van der Waals surface area contributed by atoms with E-state index in [1.54, 1.807) is 0 Å². The monoisotopic (exact) mass is 381 g/mol. The van der Waals surface area contributed by atoms with E-state index < -0.39 is 17.6 Å². The Morgan fingerprint density at radius 2 is 2.00 bits per heavy atom. The first-order valence-corrected chi connectivity index (χ1v) is 8.29. The molecule has 0 bridgehead atoms. The van der Waals surface area contributed by atoms with Gasteiger partial charge in [0.15, 0.2) is 0 Å². The summed E-state index contributed by atoms with van der Waals surface area (Å²) >= 11 is 5.59. The molecule has 0 radical (unpaired) electrons. The Labute approximate surface area is 153 Å². The summed E-state index contributed by atoms with van der Waals surface area (Å²) in [6.07, 6.45) is -1.39. The van der Waals surface area contributed by atoms with Crippen LogP contribution in [0.15, 0.2) is 48.5 Å². The van der Waals surface area contributed by atoms with Crippen molar-refractivity contribution in [1.29, 1.82) is 0 Å². The third kappa shape index (κ3) is 4.19. The van der Waals surface area contributed by atoms with Crippen molar-refractivity contribution in [2.45, 2.75) is 18.6 Å². The molecule has 0 saturated heterocycles. The minimum Gasteiger partial charge on any atom is -0.493 e. The second-order valence-electron chi connectivity index (χ2n) is 5.81. The quantitative estimate of drug-likeness (QED) is 0.759. The zero-order chi connectivity index (χ0) is 18.7. The van der Waals surface area contributed by atoms with Crippen molar-refractivity contribution in [3.05, 3.63) is 70.3 Å². The molecule has 136 valence electrons. The molecule has 0 fully saturated rings. The van der Waals surface area contributed by atoms with Gasteiger partial charge < -0.3 is 10.1 Å². The molecule has 1 heterocycles. The first kappa shape index (κ1) is 18.3. The highest BCUT2D eigenvalue weighted by atomic mass is 35.5. The summed E-state index contributed by atoms with van der Waals surface area (Å²) < 4.78 is 44.2. The average molecular weight is 382 g/mol. The maximum Gasteiger partial charge on any atom is 0.417 e. The number of para-hydroxylation sites is 1. The molecule has 1 aliphatic heterocycles. The van der Waals surface area contributed by atoms with Gasteiger partial charge in [-0.05, 0) is 29.8 Å². The van der Waals surface area contributed by atoms with Crippen molar-refractivity contribution in [2.24, 2.45) is 0 Å². The molecule has 26 heavy (non-hydrogen) atoms. The Balaban J connectivity index is 1.71. The summed E-state index contributed by atoms with van der Waals surface area (Å²) in [6, 6.07) is 10.7. The van der Waals surface area contributed by atoms with Gasteiger partial charge in [-0.1, -0.05) is 35.9 Å². The van der Waals surface area contributed by atoms with Crippen LogP contribution in [0.4, 0.5) is 13.2 Å². The van der Waals surface area contributed by atoms with Crippen LogP contribution in [0.5, 0.6) is 5.75 Å². The van der Waals surface area contributed by atoms with Gasteiger partial charge in [-0.25, -0.2) is 0 Å². The second-order valence-corrected chi connectivity index (χ2v) is 6.21. The van der Waals surface area contributed by atoms with E-state index in [0.29, 0.717) is 13.0 Å². The third-order valence-electron chi connectivity index (χ3n) is 4.00. The average Bonchev–Trinajstić information content (AvgIpc) is 2.60. The first-order chi connectivity index (χ1) is 12.3. The Hall–Kier alpha value is -2.47. The van der Waals surface area contributed by atoms with Gasteiger partial charge in [-0.3, -0.25) is 4.79 Å². The van der Waals surface area contributed by atoms with Crippen molar-refractivity contribution in [3.63, 3.8) is 0 Å². The van der Waals surface area contributed by atoms with Crippen molar-refractivity contribution < 1.29 is 22.7 Å². The van der Waals surface area contributed by atoms with Gasteiger partial charge in [0.1, 0.15) is 5.75 Å². The van der Waals surface area contributed by atoms with Crippen molar-refractivity contribution in [2.75, 3.05) is 6.61 Å². The van der Waals surface area contributed by atoms with Gasteiger partial charge in [0.2, 0.25) is 5.91 Å². The fourth-order valence-corrected chi connectivity index (χ4v) is 2.97. The number of ether oxygens (including phenoxy) is 1. The van der Waals surface area contributed by atoms with Crippen LogP contribution >= 0.6 is 11.6 Å². The predicted molar refractivity (Wildman–Crippen MR) is 92.9 cm³/mol. The fourth-order valence-electron chi connectivity index (χ4n) is 2.75. The van der Waals surface area contributed by atoms with Crippen LogP contribution in [-0.4, -0.2) is 12.5 Å². The van der Waals surface area contributed by atoms with Crippen LogP contribution in [0.25, 0.3) is 6.08 Å². The normalized spacial score (nSPS) is 16.8. The van der Waals surface area contributed by atoms with Crippen molar-refractivity contribution in [1.82, 2.24) is 5.32 Å². The molecule has 0 unspecified atom stereocenters. The largest absolute Gasteiger partial charge is 0.493 e. The number of rotatable bonds is 3. The highest BCUT2D eigenvalue weighted by molar-refractivity contribution is 6.31. The number of hydrogen-bond donors (Lipinski definition) is 1. The zero-order valence-corrected chi connectivity index (χ0v) is 14.3. The number of hydrogen-bond acceptors (Lipinski definition) is 2. The Kier molecular flexibility index (Phi) is 5.23. The van der Waals surface area contributed by atoms with Gasteiger partial charge in [0, 0.05) is 18.1 Å². The topological polar surface area (TPSA) is 38.3 Å². The zero-order valence-electron chi connectivity index (χ0n) is 13.5. The van der Waals surface area contributed by atoms with Gasteiger partial charge >= 0.3 is 6.18 Å². The molecule has 7 heteroatoms. The summed E-state index contributed by atoms with van der Waals surface area (Å²) in [4.78, 5) is 12.2. The summed E-state index contributed by atoms with van der Waals surface area (Å²) in [5.74, 6) is 0.329. The standard InChI is InChI=1S/C19H15ClF3NO2/c20-15-7-5-12(11-14(15)19(21,22)23)6-8-18(25)24-16-9-10-26-17-4-2-1-3-13(16)17/h1-8,11,16H,9-10H2,(H,24,25)/b8-6+/t16-/m0/s1. The van der Waals surface area contributed by atoms with Gasteiger partial charge in [-0.2, -0.15) is 13.2 Å². The number of carbonyl (C=O) groups excluding carboxylic acids is 1. The predicted octanol–water partition coefficient (Wildman–Crippen LogP) is 5.01. The Bertz CT molecular complexity index is 849. The molecule has 2 aromatic carbocycles.